The first-order chi connectivity index (χ1) is 15.0. The van der Waals surface area contributed by atoms with E-state index in [1.807, 2.05) is 6.92 Å². The predicted molar refractivity (Wildman–Crippen MR) is 118 cm³/mol. The lowest BCUT2D eigenvalue weighted by atomic mass is 9.96. The number of ketones is 1. The normalized spacial score (nSPS) is 17.7. The molecule has 1 aliphatic rings. The van der Waals surface area contributed by atoms with Gasteiger partial charge in [-0.1, -0.05) is 35.9 Å². The Morgan fingerprint density at radius 1 is 1.13 bits per heavy atom. The molecule has 0 radical (unpaired) electrons. The molecule has 1 saturated heterocycles. The van der Waals surface area contributed by atoms with Crippen LogP contribution in [0.2, 0.25) is 5.02 Å². The summed E-state index contributed by atoms with van der Waals surface area (Å²) in [5, 5.41) is 11.4. The van der Waals surface area contributed by atoms with Crippen molar-refractivity contribution >= 4 is 34.7 Å². The minimum atomic E-state index is -0.857. The Morgan fingerprint density at radius 2 is 1.94 bits per heavy atom. The van der Waals surface area contributed by atoms with Gasteiger partial charge in [0.05, 0.1) is 18.2 Å². The molecule has 6 nitrogen and oxygen atoms in total. The zero-order chi connectivity index (χ0) is 22.0. The van der Waals surface area contributed by atoms with E-state index in [-0.39, 0.29) is 11.3 Å². The fourth-order valence-corrected chi connectivity index (χ4v) is 3.82. The van der Waals surface area contributed by atoms with Crippen LogP contribution in [0.15, 0.2) is 78.6 Å². The molecule has 1 fully saturated rings. The third-order valence-corrected chi connectivity index (χ3v) is 5.18. The number of nitrogens with zero attached hydrogens (tertiary/aromatic N) is 2. The summed E-state index contributed by atoms with van der Waals surface area (Å²) in [5.41, 5.74) is 1.39. The van der Waals surface area contributed by atoms with Crippen LogP contribution >= 0.6 is 11.6 Å². The molecule has 31 heavy (non-hydrogen) atoms. The van der Waals surface area contributed by atoms with Crippen molar-refractivity contribution < 1.29 is 19.4 Å². The summed E-state index contributed by atoms with van der Waals surface area (Å²) in [6.07, 6.45) is 3.17. The van der Waals surface area contributed by atoms with Gasteiger partial charge in [-0.25, -0.2) is 0 Å². The first-order valence-electron chi connectivity index (χ1n) is 9.71. The quantitative estimate of drug-likeness (QED) is 0.356. The van der Waals surface area contributed by atoms with Crippen LogP contribution in [0, 0.1) is 0 Å². The van der Waals surface area contributed by atoms with Gasteiger partial charge in [-0.15, -0.1) is 0 Å². The monoisotopic (exact) mass is 434 g/mol. The number of halogens is 1. The number of ether oxygens (including phenoxy) is 1. The number of aliphatic hydroxyl groups is 1. The van der Waals surface area contributed by atoms with E-state index in [0.717, 1.165) is 0 Å². The fourth-order valence-electron chi connectivity index (χ4n) is 3.63. The van der Waals surface area contributed by atoms with Crippen molar-refractivity contribution in [3.05, 3.63) is 94.8 Å². The molecule has 0 saturated carbocycles. The molecule has 0 aliphatic carbocycles. The molecule has 4 rings (SSSR count). The van der Waals surface area contributed by atoms with Crippen LogP contribution < -0.4 is 9.64 Å². The number of benzene rings is 2. The van der Waals surface area contributed by atoms with Crippen molar-refractivity contribution in [3.8, 4) is 5.75 Å². The average molecular weight is 435 g/mol. The maximum absolute atomic E-state index is 13.1. The zero-order valence-corrected chi connectivity index (χ0v) is 17.4. The van der Waals surface area contributed by atoms with Crippen LogP contribution in [-0.4, -0.2) is 28.4 Å². The van der Waals surface area contributed by atoms with Crippen LogP contribution in [0.4, 0.5) is 5.69 Å². The summed E-state index contributed by atoms with van der Waals surface area (Å²) < 4.78 is 5.55. The molecule has 1 unspecified atom stereocenters. The van der Waals surface area contributed by atoms with Crippen molar-refractivity contribution in [2.75, 3.05) is 11.5 Å². The van der Waals surface area contributed by atoms with Crippen molar-refractivity contribution in [2.45, 2.75) is 13.0 Å². The number of carbonyl (C=O) groups excluding carboxylic acids is 2. The van der Waals surface area contributed by atoms with Gasteiger partial charge < -0.3 is 9.84 Å². The van der Waals surface area contributed by atoms with Gasteiger partial charge in [-0.3, -0.25) is 19.5 Å². The number of hydrogen-bond donors (Lipinski definition) is 1. The molecule has 1 amide bonds. The van der Waals surface area contributed by atoms with Crippen molar-refractivity contribution in [1.29, 1.82) is 0 Å². The number of amides is 1. The van der Waals surface area contributed by atoms with E-state index >= 15 is 0 Å². The number of anilines is 1. The summed E-state index contributed by atoms with van der Waals surface area (Å²) in [6, 6.07) is 16.0. The highest BCUT2D eigenvalue weighted by molar-refractivity contribution is 6.51. The van der Waals surface area contributed by atoms with Gasteiger partial charge in [0.25, 0.3) is 11.7 Å². The summed E-state index contributed by atoms with van der Waals surface area (Å²) in [6.45, 7) is 2.32. The largest absolute Gasteiger partial charge is 0.507 e. The summed E-state index contributed by atoms with van der Waals surface area (Å²) in [5.74, 6) is -1.25. The lowest BCUT2D eigenvalue weighted by Crippen LogP contribution is -2.29. The SMILES string of the molecule is CCOc1cccc(N2C(=O)C(=O)/C(=C(/O)c3cccc(Cl)c3)C2c2cccnc2)c1. The van der Waals surface area contributed by atoms with Crippen LogP contribution in [0.5, 0.6) is 5.75 Å². The Morgan fingerprint density at radius 3 is 2.65 bits per heavy atom. The molecule has 1 N–H and O–H groups in total. The topological polar surface area (TPSA) is 79.7 Å². The highest BCUT2D eigenvalue weighted by Crippen LogP contribution is 2.42. The first-order valence-corrected chi connectivity index (χ1v) is 10.1. The Bertz CT molecular complexity index is 1180. The number of aromatic nitrogens is 1. The standard InChI is InChI=1S/C24H19ClN2O4/c1-2-31-19-10-4-9-18(13-19)27-21(16-7-5-11-26-14-16)20(23(29)24(27)30)22(28)15-6-3-8-17(25)12-15/h3-14,21,28H,2H2,1H3/b22-20+. The minimum absolute atomic E-state index is 0.0259. The lowest BCUT2D eigenvalue weighted by Gasteiger charge is -2.25. The van der Waals surface area contributed by atoms with Gasteiger partial charge in [-0.05, 0) is 42.8 Å². The molecule has 7 heteroatoms. The Hall–Kier alpha value is -3.64. The molecule has 2 heterocycles. The smallest absolute Gasteiger partial charge is 0.300 e. The van der Waals surface area contributed by atoms with Gasteiger partial charge in [-0.2, -0.15) is 0 Å². The second-order valence-electron chi connectivity index (χ2n) is 6.90. The number of hydrogen-bond acceptors (Lipinski definition) is 5. The molecule has 156 valence electrons. The first kappa shape index (κ1) is 20.6. The van der Waals surface area contributed by atoms with Crippen LogP contribution in [0.25, 0.3) is 5.76 Å². The average Bonchev–Trinajstić information content (AvgIpc) is 3.05. The number of pyridine rings is 1. The molecule has 3 aromatic rings. The Balaban J connectivity index is 1.92. The summed E-state index contributed by atoms with van der Waals surface area (Å²) in [7, 11) is 0. The van der Waals surface area contributed by atoms with Crippen LogP contribution in [0.1, 0.15) is 24.1 Å². The third-order valence-electron chi connectivity index (χ3n) is 4.95. The molecule has 0 bridgehead atoms. The fraction of sp³-hybridized carbons (Fsp3) is 0.125. The molecule has 1 atom stereocenters. The van der Waals surface area contributed by atoms with E-state index < -0.39 is 17.7 Å². The van der Waals surface area contributed by atoms with E-state index in [0.29, 0.717) is 34.2 Å². The van der Waals surface area contributed by atoms with Gasteiger partial charge >= 0.3 is 0 Å². The number of Topliss-reactive ketones (excluding diaryl/α,β-unsaturated/α-hetero) is 1. The number of carbonyl (C=O) groups is 2. The zero-order valence-electron chi connectivity index (χ0n) is 16.7. The summed E-state index contributed by atoms with van der Waals surface area (Å²) in [4.78, 5) is 31.7. The van der Waals surface area contributed by atoms with E-state index in [9.17, 15) is 14.7 Å². The third kappa shape index (κ3) is 3.90. The highest BCUT2D eigenvalue weighted by atomic mass is 35.5. The van der Waals surface area contributed by atoms with Gasteiger partial charge in [0.1, 0.15) is 11.5 Å². The molecule has 0 spiro atoms. The molecule has 1 aliphatic heterocycles. The van der Waals surface area contributed by atoms with E-state index in [1.54, 1.807) is 73.1 Å². The van der Waals surface area contributed by atoms with Gasteiger partial charge in [0.15, 0.2) is 0 Å². The number of rotatable bonds is 5. The Labute approximate surface area is 184 Å². The molecule has 1 aromatic heterocycles. The predicted octanol–water partition coefficient (Wildman–Crippen LogP) is 4.76. The maximum atomic E-state index is 13.1. The molecule has 2 aromatic carbocycles. The van der Waals surface area contributed by atoms with Crippen LogP contribution in [-0.2, 0) is 9.59 Å². The Kier molecular flexibility index (Phi) is 5.73. The van der Waals surface area contributed by atoms with Gasteiger partial charge in [0, 0.05) is 34.7 Å². The van der Waals surface area contributed by atoms with Crippen molar-refractivity contribution in [3.63, 3.8) is 0 Å². The van der Waals surface area contributed by atoms with E-state index in [2.05, 4.69) is 4.98 Å². The minimum Gasteiger partial charge on any atom is -0.507 e. The highest BCUT2D eigenvalue weighted by Gasteiger charge is 2.47. The van der Waals surface area contributed by atoms with Crippen LogP contribution in [0.3, 0.4) is 0 Å². The van der Waals surface area contributed by atoms with Crippen molar-refractivity contribution in [1.82, 2.24) is 4.98 Å². The maximum Gasteiger partial charge on any atom is 0.300 e. The summed E-state index contributed by atoms with van der Waals surface area (Å²) >= 11 is 6.07. The van der Waals surface area contributed by atoms with E-state index in [4.69, 9.17) is 16.3 Å². The second-order valence-corrected chi connectivity index (χ2v) is 7.33. The van der Waals surface area contributed by atoms with Gasteiger partial charge in [0.2, 0.25) is 0 Å². The molecular formula is C24H19ClN2O4. The van der Waals surface area contributed by atoms with E-state index in [1.165, 1.54) is 4.90 Å². The number of aliphatic hydroxyl groups excluding tert-OH is 1. The second kappa shape index (κ2) is 8.62. The van der Waals surface area contributed by atoms with Crippen molar-refractivity contribution in [2.24, 2.45) is 0 Å². The molecular weight excluding hydrogens is 416 g/mol. The lowest BCUT2D eigenvalue weighted by molar-refractivity contribution is -0.132.